The minimum absolute atomic E-state index is 0.267. The molecule has 1 N–H and O–H groups in total. The topological polar surface area (TPSA) is 68.0 Å². The molecule has 1 aliphatic carbocycles. The van der Waals surface area contributed by atoms with Crippen molar-refractivity contribution < 1.29 is 9.90 Å². The molecule has 1 aliphatic rings. The van der Waals surface area contributed by atoms with Crippen LogP contribution in [0.1, 0.15) is 34.5 Å². The second kappa shape index (κ2) is 4.94. The minimum Gasteiger partial charge on any atom is -0.478 e. The Balaban J connectivity index is 1.87. The van der Waals surface area contributed by atoms with Gasteiger partial charge in [0, 0.05) is 17.8 Å². The Morgan fingerprint density at radius 3 is 2.86 bits per heavy atom. The molecule has 2 aromatic heterocycles. The van der Waals surface area contributed by atoms with Gasteiger partial charge in [0.2, 0.25) is 0 Å². The van der Waals surface area contributed by atoms with Crippen molar-refractivity contribution >= 4 is 16.9 Å². The van der Waals surface area contributed by atoms with E-state index in [4.69, 9.17) is 0 Å². The van der Waals surface area contributed by atoms with Crippen LogP contribution < -0.4 is 0 Å². The van der Waals surface area contributed by atoms with Gasteiger partial charge in [-0.2, -0.15) is 5.10 Å². The van der Waals surface area contributed by atoms with Crippen LogP contribution in [0.15, 0.2) is 36.7 Å². The molecule has 0 saturated heterocycles. The first-order valence-electron chi connectivity index (χ1n) is 7.42. The van der Waals surface area contributed by atoms with Crippen molar-refractivity contribution in [3.05, 3.63) is 53.5 Å². The SMILES string of the molecule is O=C(O)c1ccnc2ccc(-n3cc4c(n3)CCCC4)cc12. The summed E-state index contributed by atoms with van der Waals surface area (Å²) in [4.78, 5) is 15.6. The molecule has 0 spiro atoms. The van der Waals surface area contributed by atoms with Crippen LogP contribution in [0, 0.1) is 0 Å². The summed E-state index contributed by atoms with van der Waals surface area (Å²) in [6.07, 6.45) is 8.09. The number of fused-ring (bicyclic) bond motifs is 2. The maximum atomic E-state index is 11.4. The van der Waals surface area contributed by atoms with E-state index in [0.29, 0.717) is 10.9 Å². The monoisotopic (exact) mass is 293 g/mol. The summed E-state index contributed by atoms with van der Waals surface area (Å²) >= 11 is 0. The highest BCUT2D eigenvalue weighted by molar-refractivity contribution is 6.02. The van der Waals surface area contributed by atoms with E-state index in [2.05, 4.69) is 16.3 Å². The fourth-order valence-electron chi connectivity index (χ4n) is 3.07. The molecule has 22 heavy (non-hydrogen) atoms. The zero-order chi connectivity index (χ0) is 15.1. The number of carbonyl (C=O) groups is 1. The van der Waals surface area contributed by atoms with E-state index in [-0.39, 0.29) is 5.56 Å². The Labute approximate surface area is 127 Å². The van der Waals surface area contributed by atoms with Gasteiger partial charge in [0.15, 0.2) is 0 Å². The van der Waals surface area contributed by atoms with E-state index in [1.54, 1.807) is 0 Å². The van der Waals surface area contributed by atoms with Gasteiger partial charge in [-0.25, -0.2) is 9.48 Å². The molecular formula is C17H15N3O2. The first-order chi connectivity index (χ1) is 10.7. The Bertz CT molecular complexity index is 859. The van der Waals surface area contributed by atoms with Gasteiger partial charge in [0.1, 0.15) is 0 Å². The minimum atomic E-state index is -0.940. The van der Waals surface area contributed by atoms with Gasteiger partial charge in [-0.05, 0) is 55.5 Å². The molecule has 0 fully saturated rings. The van der Waals surface area contributed by atoms with E-state index in [0.717, 1.165) is 24.2 Å². The highest BCUT2D eigenvalue weighted by Crippen LogP contribution is 2.24. The van der Waals surface area contributed by atoms with Crippen molar-refractivity contribution in [2.45, 2.75) is 25.7 Å². The van der Waals surface area contributed by atoms with Gasteiger partial charge in [0.05, 0.1) is 22.5 Å². The molecule has 5 heteroatoms. The van der Waals surface area contributed by atoms with Gasteiger partial charge in [-0.1, -0.05) is 0 Å². The van der Waals surface area contributed by atoms with Crippen molar-refractivity contribution in [3.8, 4) is 5.69 Å². The molecule has 1 aromatic carbocycles. The van der Waals surface area contributed by atoms with Gasteiger partial charge in [-0.15, -0.1) is 0 Å². The lowest BCUT2D eigenvalue weighted by Crippen LogP contribution is -2.01. The van der Waals surface area contributed by atoms with Gasteiger partial charge >= 0.3 is 5.97 Å². The van der Waals surface area contributed by atoms with Crippen LogP contribution in [0.25, 0.3) is 16.6 Å². The molecule has 0 radical (unpaired) electrons. The second-order valence-corrected chi connectivity index (χ2v) is 5.62. The zero-order valence-electron chi connectivity index (χ0n) is 12.0. The third kappa shape index (κ3) is 2.06. The molecule has 110 valence electrons. The first-order valence-corrected chi connectivity index (χ1v) is 7.42. The molecule has 4 rings (SSSR count). The lowest BCUT2D eigenvalue weighted by Gasteiger charge is -2.06. The molecule has 2 heterocycles. The Hall–Kier alpha value is -2.69. The summed E-state index contributed by atoms with van der Waals surface area (Å²) in [6.45, 7) is 0. The smallest absolute Gasteiger partial charge is 0.336 e. The number of aromatic nitrogens is 3. The number of rotatable bonds is 2. The van der Waals surface area contributed by atoms with Crippen molar-refractivity contribution in [3.63, 3.8) is 0 Å². The number of hydrogen-bond donors (Lipinski definition) is 1. The molecule has 0 unspecified atom stereocenters. The summed E-state index contributed by atoms with van der Waals surface area (Å²) in [5.74, 6) is -0.940. The number of nitrogens with zero attached hydrogens (tertiary/aromatic N) is 3. The number of benzene rings is 1. The molecule has 0 amide bonds. The van der Waals surface area contributed by atoms with Crippen LogP contribution in [-0.4, -0.2) is 25.8 Å². The maximum Gasteiger partial charge on any atom is 0.336 e. The average Bonchev–Trinajstić information content (AvgIpc) is 2.97. The highest BCUT2D eigenvalue weighted by atomic mass is 16.4. The van der Waals surface area contributed by atoms with Gasteiger partial charge in [0.25, 0.3) is 0 Å². The summed E-state index contributed by atoms with van der Waals surface area (Å²) in [6, 6.07) is 7.16. The van der Waals surface area contributed by atoms with Gasteiger partial charge in [-0.3, -0.25) is 4.98 Å². The Kier molecular flexibility index (Phi) is 2.92. The van der Waals surface area contributed by atoms with Crippen LogP contribution in [0.4, 0.5) is 0 Å². The second-order valence-electron chi connectivity index (χ2n) is 5.62. The number of carboxylic acid groups (broad SMARTS) is 1. The maximum absolute atomic E-state index is 11.4. The standard InChI is InChI=1S/C17H15N3O2/c21-17(22)13-7-8-18-16-6-5-12(9-14(13)16)20-10-11-3-1-2-4-15(11)19-20/h5-10H,1-4H2,(H,21,22). The van der Waals surface area contributed by atoms with Crippen molar-refractivity contribution in [1.82, 2.24) is 14.8 Å². The fourth-order valence-corrected chi connectivity index (χ4v) is 3.07. The van der Waals surface area contributed by atoms with Crippen molar-refractivity contribution in [1.29, 1.82) is 0 Å². The number of aromatic carboxylic acids is 1. The Morgan fingerprint density at radius 2 is 2.05 bits per heavy atom. The summed E-state index contributed by atoms with van der Waals surface area (Å²) in [5, 5.41) is 14.6. The molecular weight excluding hydrogens is 278 g/mol. The van der Waals surface area contributed by atoms with Crippen LogP contribution in [0.5, 0.6) is 0 Å². The third-order valence-corrected chi connectivity index (χ3v) is 4.21. The normalized spacial score (nSPS) is 14.0. The lowest BCUT2D eigenvalue weighted by atomic mass is 9.99. The molecule has 0 aliphatic heterocycles. The van der Waals surface area contributed by atoms with Crippen LogP contribution >= 0.6 is 0 Å². The van der Waals surface area contributed by atoms with Crippen molar-refractivity contribution in [2.75, 3.05) is 0 Å². The van der Waals surface area contributed by atoms with Crippen LogP contribution in [-0.2, 0) is 12.8 Å². The number of hydrogen-bond acceptors (Lipinski definition) is 3. The van der Waals surface area contributed by atoms with E-state index in [9.17, 15) is 9.90 Å². The molecule has 0 atom stereocenters. The number of aryl methyl sites for hydroxylation is 2. The zero-order valence-corrected chi connectivity index (χ0v) is 12.0. The van der Waals surface area contributed by atoms with E-state index < -0.39 is 5.97 Å². The number of pyridine rings is 1. The van der Waals surface area contributed by atoms with E-state index in [1.807, 2.05) is 22.9 Å². The molecule has 5 nitrogen and oxygen atoms in total. The molecule has 0 bridgehead atoms. The lowest BCUT2D eigenvalue weighted by molar-refractivity contribution is 0.0699. The summed E-state index contributed by atoms with van der Waals surface area (Å²) < 4.78 is 1.86. The fraction of sp³-hybridized carbons (Fsp3) is 0.235. The third-order valence-electron chi connectivity index (χ3n) is 4.21. The molecule has 0 saturated carbocycles. The first kappa shape index (κ1) is 13.0. The largest absolute Gasteiger partial charge is 0.478 e. The summed E-state index contributed by atoms with van der Waals surface area (Å²) in [5.41, 5.74) is 4.29. The predicted octanol–water partition coefficient (Wildman–Crippen LogP) is 3.00. The average molecular weight is 293 g/mol. The van der Waals surface area contributed by atoms with Gasteiger partial charge < -0.3 is 5.11 Å². The number of carboxylic acids is 1. The van der Waals surface area contributed by atoms with Crippen LogP contribution in [0.3, 0.4) is 0 Å². The molecule has 3 aromatic rings. The van der Waals surface area contributed by atoms with Crippen LogP contribution in [0.2, 0.25) is 0 Å². The van der Waals surface area contributed by atoms with Crippen molar-refractivity contribution in [2.24, 2.45) is 0 Å². The summed E-state index contributed by atoms with van der Waals surface area (Å²) in [7, 11) is 0. The Morgan fingerprint density at radius 1 is 1.18 bits per heavy atom. The quantitative estimate of drug-likeness (QED) is 0.788. The van der Waals surface area contributed by atoms with E-state index >= 15 is 0 Å². The highest BCUT2D eigenvalue weighted by Gasteiger charge is 2.15. The van der Waals surface area contributed by atoms with E-state index in [1.165, 1.54) is 30.7 Å². The predicted molar refractivity (Wildman–Crippen MR) is 82.5 cm³/mol.